The fraction of sp³-hybridized carbons (Fsp3) is 0.190. The highest BCUT2D eigenvalue weighted by atomic mass is 32.2. The minimum Gasteiger partial charge on any atom is -0.348 e. The van der Waals surface area contributed by atoms with Crippen molar-refractivity contribution >= 4 is 31.1 Å². The number of hydrogen-bond acceptors (Lipinski definition) is 6. The van der Waals surface area contributed by atoms with E-state index in [1.807, 2.05) is 72.9 Å². The number of H-pyrrole nitrogens is 2. The number of hydrogen-bond donors (Lipinski definition) is 2. The van der Waals surface area contributed by atoms with Crippen LogP contribution in [0.5, 0.6) is 0 Å². The van der Waals surface area contributed by atoms with Crippen LogP contribution in [0.1, 0.15) is 36.3 Å². The van der Waals surface area contributed by atoms with Gasteiger partial charge >= 0.3 is 0 Å². The molecule has 0 spiro atoms. The van der Waals surface area contributed by atoms with Crippen molar-refractivity contribution in [1.82, 2.24) is 28.5 Å². The van der Waals surface area contributed by atoms with E-state index in [9.17, 15) is 21.2 Å². The Bertz CT molecular complexity index is 2550. The van der Waals surface area contributed by atoms with Gasteiger partial charge in [0.2, 0.25) is 20.0 Å². The van der Waals surface area contributed by atoms with Crippen molar-refractivity contribution in [3.8, 4) is 22.3 Å². The molecule has 2 fully saturated rings. The third-order valence-electron chi connectivity index (χ3n) is 10.3. The molecule has 0 radical (unpaired) electrons. The van der Waals surface area contributed by atoms with Crippen LogP contribution < -0.4 is 0 Å². The van der Waals surface area contributed by atoms with Crippen molar-refractivity contribution in [3.05, 3.63) is 157 Å². The van der Waals surface area contributed by atoms with Crippen molar-refractivity contribution < 1.29 is 21.2 Å². The zero-order chi connectivity index (χ0) is 38.0. The van der Waals surface area contributed by atoms with E-state index in [1.165, 1.54) is 16.4 Å². The Morgan fingerprint density at radius 2 is 1.11 bits per heavy atom. The number of sulfonamides is 2. The molecule has 0 aliphatic carbocycles. The summed E-state index contributed by atoms with van der Waals surface area (Å²) in [4.78, 5) is 15.9. The standard InChI is InChI=1S/C22H18FN3O2S.C20H21N3O2S/c23-18-9-5-15(6-10-18)16-7-11-19(12-8-16)29(27,28)26-13-17(14-26)22-24-20-3-1-2-4-21(20)25-22;24-26(25,23-14-10-18(11-15-23)20-21-12-13-22-20)19-8-6-17(7-9-19)16-4-2-1-3-5-16/h1-12,17H,13-14H2,(H,24,25);1-9,12-13,18H,10-11,14-15H2,(H,21,22). The summed E-state index contributed by atoms with van der Waals surface area (Å²) in [6, 6.07) is 37.7. The van der Waals surface area contributed by atoms with Crippen LogP contribution in [0.3, 0.4) is 0 Å². The molecule has 5 aromatic carbocycles. The van der Waals surface area contributed by atoms with Gasteiger partial charge in [0.05, 0.1) is 20.8 Å². The number of piperidine rings is 1. The molecule has 13 heteroatoms. The lowest BCUT2D eigenvalue weighted by Gasteiger charge is -2.36. The lowest BCUT2D eigenvalue weighted by molar-refractivity contribution is 0.257. The summed E-state index contributed by atoms with van der Waals surface area (Å²) in [5.74, 6) is 1.84. The summed E-state index contributed by atoms with van der Waals surface area (Å²) in [6.07, 6.45) is 5.13. The van der Waals surface area contributed by atoms with E-state index >= 15 is 0 Å². The molecule has 4 heterocycles. The monoisotopic (exact) mass is 774 g/mol. The average molecular weight is 775 g/mol. The highest BCUT2D eigenvalue weighted by Crippen LogP contribution is 2.33. The number of aromatic nitrogens is 4. The van der Waals surface area contributed by atoms with E-state index in [1.54, 1.807) is 59.0 Å². The number of halogens is 1. The molecule has 0 amide bonds. The second-order valence-electron chi connectivity index (χ2n) is 13.7. The number of nitrogens with one attached hydrogen (secondary N) is 2. The van der Waals surface area contributed by atoms with Crippen LogP contribution >= 0.6 is 0 Å². The van der Waals surface area contributed by atoms with E-state index in [2.05, 4.69) is 19.9 Å². The molecule has 0 bridgehead atoms. The normalized spacial score (nSPS) is 16.0. The topological polar surface area (TPSA) is 132 Å². The fourth-order valence-electron chi connectivity index (χ4n) is 7.05. The predicted molar refractivity (Wildman–Crippen MR) is 211 cm³/mol. The first-order valence-electron chi connectivity index (χ1n) is 18.1. The summed E-state index contributed by atoms with van der Waals surface area (Å²) < 4.78 is 67.8. The summed E-state index contributed by atoms with van der Waals surface area (Å²) >= 11 is 0. The molecule has 2 aliphatic heterocycles. The molecule has 2 aliphatic rings. The first kappa shape index (κ1) is 36.5. The third-order valence-corrected chi connectivity index (χ3v) is 14.0. The number of para-hydroxylation sites is 2. The van der Waals surface area contributed by atoms with E-state index in [0.717, 1.165) is 57.8 Å². The van der Waals surface area contributed by atoms with Gasteiger partial charge in [0.25, 0.3) is 0 Å². The number of nitrogens with zero attached hydrogens (tertiary/aromatic N) is 4. The minimum absolute atomic E-state index is 0.0654. The van der Waals surface area contributed by atoms with Crippen molar-refractivity contribution in [2.24, 2.45) is 0 Å². The first-order valence-corrected chi connectivity index (χ1v) is 21.0. The molecular weight excluding hydrogens is 736 g/mol. The molecule has 7 aromatic rings. The van der Waals surface area contributed by atoms with Crippen molar-refractivity contribution in [2.45, 2.75) is 34.5 Å². The van der Waals surface area contributed by atoms with E-state index < -0.39 is 20.0 Å². The smallest absolute Gasteiger partial charge is 0.243 e. The van der Waals surface area contributed by atoms with Gasteiger partial charge in [-0.3, -0.25) is 0 Å². The molecule has 280 valence electrons. The van der Waals surface area contributed by atoms with Crippen molar-refractivity contribution in [2.75, 3.05) is 26.2 Å². The van der Waals surface area contributed by atoms with Gasteiger partial charge in [0, 0.05) is 50.4 Å². The van der Waals surface area contributed by atoms with Gasteiger partial charge in [-0.15, -0.1) is 0 Å². The van der Waals surface area contributed by atoms with Crippen LogP contribution in [-0.2, 0) is 20.0 Å². The fourth-order valence-corrected chi connectivity index (χ4v) is 10.1. The van der Waals surface area contributed by atoms with Gasteiger partial charge in [-0.05, 0) is 83.6 Å². The molecule has 10 nitrogen and oxygen atoms in total. The van der Waals surface area contributed by atoms with Gasteiger partial charge in [-0.25, -0.2) is 31.2 Å². The highest BCUT2D eigenvalue weighted by molar-refractivity contribution is 7.89. The molecule has 2 aromatic heterocycles. The largest absolute Gasteiger partial charge is 0.348 e. The summed E-state index contributed by atoms with van der Waals surface area (Å²) in [6.45, 7) is 1.85. The quantitative estimate of drug-likeness (QED) is 0.162. The summed E-state index contributed by atoms with van der Waals surface area (Å²) in [5, 5.41) is 0. The Labute approximate surface area is 319 Å². The Morgan fingerprint density at radius 1 is 0.582 bits per heavy atom. The molecule has 2 saturated heterocycles. The van der Waals surface area contributed by atoms with Crippen LogP contribution in [0.4, 0.5) is 4.39 Å². The lowest BCUT2D eigenvalue weighted by atomic mass is 9.98. The molecule has 0 saturated carbocycles. The summed E-state index contributed by atoms with van der Waals surface area (Å²) in [5.41, 5.74) is 5.62. The first-order chi connectivity index (χ1) is 26.6. The van der Waals surface area contributed by atoms with E-state index in [0.29, 0.717) is 37.0 Å². The van der Waals surface area contributed by atoms with E-state index in [-0.39, 0.29) is 16.6 Å². The number of benzene rings is 5. The van der Waals surface area contributed by atoms with Gasteiger partial charge in [-0.2, -0.15) is 8.61 Å². The predicted octanol–water partition coefficient (Wildman–Crippen LogP) is 7.80. The van der Waals surface area contributed by atoms with Crippen LogP contribution in [0.15, 0.2) is 150 Å². The Hall–Kier alpha value is -5.47. The zero-order valence-corrected chi connectivity index (χ0v) is 31.4. The zero-order valence-electron chi connectivity index (χ0n) is 29.8. The van der Waals surface area contributed by atoms with Gasteiger partial charge in [0.15, 0.2) is 0 Å². The SMILES string of the molecule is O=S(=O)(c1ccc(-c2ccc(F)cc2)cc1)N1CC(c2nc3ccccc3[nH]2)C1.O=S(=O)(c1ccc(-c2ccccc2)cc1)N1CCC(c2ncc[nH]2)CC1. The number of rotatable bonds is 8. The minimum atomic E-state index is -3.55. The Kier molecular flexibility index (Phi) is 10.2. The molecule has 0 atom stereocenters. The van der Waals surface area contributed by atoms with Gasteiger partial charge in [0.1, 0.15) is 17.5 Å². The van der Waals surface area contributed by atoms with Crippen LogP contribution in [0.25, 0.3) is 33.3 Å². The van der Waals surface area contributed by atoms with Crippen LogP contribution in [0, 0.1) is 5.82 Å². The summed E-state index contributed by atoms with van der Waals surface area (Å²) in [7, 11) is -7.00. The molecule has 55 heavy (non-hydrogen) atoms. The van der Waals surface area contributed by atoms with Crippen LogP contribution in [0.2, 0.25) is 0 Å². The Morgan fingerprint density at radius 3 is 1.67 bits per heavy atom. The Balaban J connectivity index is 0.000000156. The van der Waals surface area contributed by atoms with Crippen LogP contribution in [-0.4, -0.2) is 71.6 Å². The van der Waals surface area contributed by atoms with Crippen molar-refractivity contribution in [1.29, 1.82) is 0 Å². The average Bonchev–Trinajstić information content (AvgIpc) is 3.90. The lowest BCUT2D eigenvalue weighted by Crippen LogP contribution is -2.48. The number of imidazole rings is 2. The third kappa shape index (κ3) is 7.74. The number of fused-ring (bicyclic) bond motifs is 1. The molecular formula is C42H39FN6O4S2. The molecule has 0 unspecified atom stereocenters. The molecule has 2 N–H and O–H groups in total. The van der Waals surface area contributed by atoms with Crippen molar-refractivity contribution in [3.63, 3.8) is 0 Å². The second kappa shape index (κ2) is 15.3. The van der Waals surface area contributed by atoms with Gasteiger partial charge < -0.3 is 9.97 Å². The van der Waals surface area contributed by atoms with Gasteiger partial charge in [-0.1, -0.05) is 78.9 Å². The highest BCUT2D eigenvalue weighted by Gasteiger charge is 2.39. The maximum atomic E-state index is 13.1. The number of aromatic amines is 2. The maximum absolute atomic E-state index is 13.1. The maximum Gasteiger partial charge on any atom is 0.243 e. The molecule has 9 rings (SSSR count). The van der Waals surface area contributed by atoms with E-state index in [4.69, 9.17) is 0 Å². The second-order valence-corrected chi connectivity index (χ2v) is 17.6.